The standard InChI is InChI=1S/C26H34N2O4S/c1-18(2)25(30)27-23-20-6-4-5-7-21(20)26(24(23)32-14-13-31-3)9-11-28(12-10-26)22(29)16-19-8-15-33-17-19/h4-8,15,17-18,23-24H,9-14,16H2,1-3H3,(H,27,30)/t23-,24+/m0/s1. The van der Waals surface area contributed by atoms with Gasteiger partial charge in [-0.05, 0) is 46.4 Å². The van der Waals surface area contributed by atoms with Gasteiger partial charge in [-0.15, -0.1) is 0 Å². The molecule has 2 aliphatic rings. The molecule has 0 saturated carbocycles. The number of carbonyl (C=O) groups is 2. The van der Waals surface area contributed by atoms with Crippen LogP contribution in [0.3, 0.4) is 0 Å². The van der Waals surface area contributed by atoms with E-state index in [1.54, 1.807) is 18.4 Å². The third-order valence-electron chi connectivity index (χ3n) is 7.03. The van der Waals surface area contributed by atoms with Gasteiger partial charge in [-0.25, -0.2) is 0 Å². The molecule has 0 radical (unpaired) electrons. The first kappa shape index (κ1) is 23.9. The Hall–Kier alpha value is -2.22. The Kier molecular flexibility index (Phi) is 7.51. The van der Waals surface area contributed by atoms with Gasteiger partial charge in [0.05, 0.1) is 31.8 Å². The number of amides is 2. The number of methoxy groups -OCH3 is 1. The van der Waals surface area contributed by atoms with Crippen molar-refractivity contribution in [2.45, 2.75) is 50.7 Å². The molecule has 1 saturated heterocycles. The number of hydrogen-bond acceptors (Lipinski definition) is 5. The second-order valence-electron chi connectivity index (χ2n) is 9.36. The quantitative estimate of drug-likeness (QED) is 0.598. The maximum atomic E-state index is 12.9. The van der Waals surface area contributed by atoms with Crippen LogP contribution in [0.4, 0.5) is 0 Å². The Labute approximate surface area is 200 Å². The summed E-state index contributed by atoms with van der Waals surface area (Å²) in [5.74, 6) is 0.0940. The number of piperidine rings is 1. The summed E-state index contributed by atoms with van der Waals surface area (Å²) in [6.07, 6.45) is 1.88. The van der Waals surface area contributed by atoms with E-state index in [2.05, 4.69) is 23.5 Å². The number of thiophene rings is 1. The molecule has 7 heteroatoms. The fourth-order valence-electron chi connectivity index (χ4n) is 5.23. The van der Waals surface area contributed by atoms with Crippen LogP contribution in [0.2, 0.25) is 0 Å². The highest BCUT2D eigenvalue weighted by molar-refractivity contribution is 7.08. The SMILES string of the molecule is COCCO[C@@H]1[C@@H](NC(=O)C(C)C)c2ccccc2C12CCN(C(=O)Cc1ccsc1)CC2. The summed E-state index contributed by atoms with van der Waals surface area (Å²) >= 11 is 1.62. The van der Waals surface area contributed by atoms with E-state index < -0.39 is 0 Å². The lowest BCUT2D eigenvalue weighted by molar-refractivity contribution is -0.134. The average molecular weight is 471 g/mol. The van der Waals surface area contributed by atoms with Gasteiger partial charge in [0.1, 0.15) is 0 Å². The summed E-state index contributed by atoms with van der Waals surface area (Å²) in [4.78, 5) is 27.6. The molecule has 2 aromatic rings. The number of rotatable bonds is 8. The molecule has 1 aliphatic heterocycles. The first-order valence-electron chi connectivity index (χ1n) is 11.8. The van der Waals surface area contributed by atoms with E-state index in [0.29, 0.717) is 32.7 Å². The van der Waals surface area contributed by atoms with Gasteiger partial charge in [0.15, 0.2) is 0 Å². The predicted octanol–water partition coefficient (Wildman–Crippen LogP) is 3.71. The number of fused-ring (bicyclic) bond motifs is 2. The van der Waals surface area contributed by atoms with Crippen LogP contribution >= 0.6 is 11.3 Å². The summed E-state index contributed by atoms with van der Waals surface area (Å²) in [5.41, 5.74) is 3.21. The largest absolute Gasteiger partial charge is 0.382 e. The molecule has 0 unspecified atom stereocenters. The fourth-order valence-corrected chi connectivity index (χ4v) is 5.90. The van der Waals surface area contributed by atoms with Crippen molar-refractivity contribution in [3.63, 3.8) is 0 Å². The zero-order valence-corrected chi connectivity index (χ0v) is 20.5. The van der Waals surface area contributed by atoms with Crippen LogP contribution in [0.5, 0.6) is 0 Å². The topological polar surface area (TPSA) is 67.9 Å². The van der Waals surface area contributed by atoms with E-state index in [-0.39, 0.29) is 35.3 Å². The zero-order chi connectivity index (χ0) is 23.4. The van der Waals surface area contributed by atoms with Gasteiger partial charge in [0.2, 0.25) is 11.8 Å². The van der Waals surface area contributed by atoms with E-state index in [4.69, 9.17) is 9.47 Å². The number of hydrogen-bond donors (Lipinski definition) is 1. The minimum atomic E-state index is -0.238. The second-order valence-corrected chi connectivity index (χ2v) is 10.1. The van der Waals surface area contributed by atoms with Crippen molar-refractivity contribution in [3.8, 4) is 0 Å². The Morgan fingerprint density at radius 1 is 1.18 bits per heavy atom. The Bertz CT molecular complexity index is 951. The molecule has 2 atom stereocenters. The molecular formula is C26H34N2O4S. The minimum absolute atomic E-state index is 0.0237. The third kappa shape index (κ3) is 4.86. The van der Waals surface area contributed by atoms with Crippen molar-refractivity contribution in [1.82, 2.24) is 10.2 Å². The lowest BCUT2D eigenvalue weighted by atomic mass is 9.71. The lowest BCUT2D eigenvalue weighted by Crippen LogP contribution is -2.52. The third-order valence-corrected chi connectivity index (χ3v) is 7.76. The van der Waals surface area contributed by atoms with E-state index >= 15 is 0 Å². The highest BCUT2D eigenvalue weighted by Gasteiger charge is 2.54. The maximum absolute atomic E-state index is 12.9. The van der Waals surface area contributed by atoms with Crippen molar-refractivity contribution in [2.24, 2.45) is 5.92 Å². The smallest absolute Gasteiger partial charge is 0.227 e. The number of nitrogens with one attached hydrogen (secondary N) is 1. The van der Waals surface area contributed by atoms with Gasteiger partial charge in [-0.2, -0.15) is 11.3 Å². The van der Waals surface area contributed by atoms with Gasteiger partial charge in [0.25, 0.3) is 0 Å². The molecule has 4 rings (SSSR count). The summed E-state index contributed by atoms with van der Waals surface area (Å²) < 4.78 is 11.7. The van der Waals surface area contributed by atoms with Crippen molar-refractivity contribution in [3.05, 3.63) is 57.8 Å². The van der Waals surface area contributed by atoms with Crippen LogP contribution in [0.1, 0.15) is 49.4 Å². The molecule has 178 valence electrons. The Morgan fingerprint density at radius 3 is 2.61 bits per heavy atom. The molecular weight excluding hydrogens is 436 g/mol. The first-order chi connectivity index (χ1) is 16.0. The molecule has 33 heavy (non-hydrogen) atoms. The molecule has 1 aliphatic carbocycles. The van der Waals surface area contributed by atoms with Crippen molar-refractivity contribution in [1.29, 1.82) is 0 Å². The van der Waals surface area contributed by atoms with Crippen LogP contribution in [0.15, 0.2) is 41.1 Å². The second kappa shape index (κ2) is 10.4. The van der Waals surface area contributed by atoms with Crippen molar-refractivity contribution >= 4 is 23.2 Å². The zero-order valence-electron chi connectivity index (χ0n) is 19.7. The summed E-state index contributed by atoms with van der Waals surface area (Å²) in [6.45, 7) is 6.15. The molecule has 1 N–H and O–H groups in total. The monoisotopic (exact) mass is 470 g/mol. The summed E-state index contributed by atoms with van der Waals surface area (Å²) in [6, 6.07) is 10.2. The first-order valence-corrected chi connectivity index (χ1v) is 12.7. The maximum Gasteiger partial charge on any atom is 0.227 e. The van der Waals surface area contributed by atoms with Gasteiger partial charge in [-0.1, -0.05) is 38.1 Å². The van der Waals surface area contributed by atoms with Gasteiger partial charge < -0.3 is 19.7 Å². The summed E-state index contributed by atoms with van der Waals surface area (Å²) in [7, 11) is 1.66. The summed E-state index contributed by atoms with van der Waals surface area (Å²) in [5, 5.41) is 7.31. The van der Waals surface area contributed by atoms with Gasteiger partial charge >= 0.3 is 0 Å². The van der Waals surface area contributed by atoms with Gasteiger partial charge in [-0.3, -0.25) is 9.59 Å². The number of benzene rings is 1. The van der Waals surface area contributed by atoms with E-state index in [1.807, 2.05) is 41.6 Å². The minimum Gasteiger partial charge on any atom is -0.382 e. The van der Waals surface area contributed by atoms with E-state index in [9.17, 15) is 9.59 Å². The van der Waals surface area contributed by atoms with Crippen LogP contribution in [-0.4, -0.2) is 56.2 Å². The molecule has 1 spiro atoms. The Morgan fingerprint density at radius 2 is 1.94 bits per heavy atom. The molecule has 1 aromatic carbocycles. The predicted molar refractivity (Wildman–Crippen MR) is 129 cm³/mol. The number of nitrogens with zero attached hydrogens (tertiary/aromatic N) is 1. The van der Waals surface area contributed by atoms with E-state index in [0.717, 1.165) is 24.0 Å². The molecule has 1 fully saturated rings. The highest BCUT2D eigenvalue weighted by atomic mass is 32.1. The van der Waals surface area contributed by atoms with Crippen LogP contribution in [-0.2, 0) is 30.9 Å². The van der Waals surface area contributed by atoms with Crippen molar-refractivity contribution in [2.75, 3.05) is 33.4 Å². The molecule has 2 heterocycles. The average Bonchev–Trinajstić information content (AvgIpc) is 3.41. The normalized spacial score (nSPS) is 21.4. The van der Waals surface area contributed by atoms with Crippen LogP contribution in [0, 0.1) is 5.92 Å². The Balaban J connectivity index is 1.58. The number of ether oxygens (including phenoxy) is 2. The lowest BCUT2D eigenvalue weighted by Gasteiger charge is -2.44. The molecule has 0 bridgehead atoms. The molecule has 2 amide bonds. The number of likely N-dealkylation sites (tertiary alicyclic amines) is 1. The molecule has 1 aromatic heterocycles. The fraction of sp³-hybridized carbons (Fsp3) is 0.538. The highest BCUT2D eigenvalue weighted by Crippen LogP contribution is 2.52. The van der Waals surface area contributed by atoms with Crippen LogP contribution in [0.25, 0.3) is 0 Å². The van der Waals surface area contributed by atoms with Crippen molar-refractivity contribution < 1.29 is 19.1 Å². The van der Waals surface area contributed by atoms with Gasteiger partial charge in [0, 0.05) is 31.5 Å². The number of carbonyl (C=O) groups excluding carboxylic acids is 2. The van der Waals surface area contributed by atoms with E-state index in [1.165, 1.54) is 5.56 Å². The molecule has 6 nitrogen and oxygen atoms in total. The van der Waals surface area contributed by atoms with Crippen LogP contribution < -0.4 is 5.32 Å².